The summed E-state index contributed by atoms with van der Waals surface area (Å²) in [5, 5.41) is 0. The topological polar surface area (TPSA) is 46.0 Å². The van der Waals surface area contributed by atoms with Gasteiger partial charge in [0.1, 0.15) is 0 Å². The number of aromatic amines is 1. The standard InChI is InChI=1S/C10H10NO2/c1-2-3-7-4-5-8-9(6-7)13-10(12)11-8/h4-6H,1-3H2,(H,11,12). The van der Waals surface area contributed by atoms with E-state index in [1.165, 1.54) is 0 Å². The average Bonchev–Trinajstić information content (AvgIpc) is 2.44. The zero-order valence-corrected chi connectivity index (χ0v) is 7.17. The third kappa shape index (κ3) is 1.49. The van der Waals surface area contributed by atoms with Gasteiger partial charge in [-0.1, -0.05) is 13.0 Å². The van der Waals surface area contributed by atoms with E-state index in [0.717, 1.165) is 23.9 Å². The molecule has 0 aliphatic rings. The second-order valence-electron chi connectivity index (χ2n) is 2.95. The summed E-state index contributed by atoms with van der Waals surface area (Å²) < 4.78 is 4.92. The van der Waals surface area contributed by atoms with Crippen LogP contribution in [0.3, 0.4) is 0 Å². The first-order valence-corrected chi connectivity index (χ1v) is 4.20. The molecular weight excluding hydrogens is 166 g/mol. The quantitative estimate of drug-likeness (QED) is 0.759. The summed E-state index contributed by atoms with van der Waals surface area (Å²) in [5.41, 5.74) is 2.51. The molecule has 1 aromatic heterocycles. The molecule has 0 spiro atoms. The number of hydrogen-bond acceptors (Lipinski definition) is 2. The molecule has 0 amide bonds. The van der Waals surface area contributed by atoms with E-state index in [2.05, 4.69) is 11.9 Å². The monoisotopic (exact) mass is 176 g/mol. The number of aryl methyl sites for hydroxylation is 1. The maximum atomic E-state index is 10.8. The van der Waals surface area contributed by atoms with Crippen LogP contribution in [0.4, 0.5) is 0 Å². The lowest BCUT2D eigenvalue weighted by Crippen LogP contribution is -1.92. The minimum absolute atomic E-state index is 0.401. The molecule has 1 radical (unpaired) electrons. The lowest BCUT2D eigenvalue weighted by molar-refractivity contribution is 0.555. The molecule has 3 heteroatoms. The van der Waals surface area contributed by atoms with Gasteiger partial charge in [0, 0.05) is 0 Å². The first kappa shape index (κ1) is 8.10. The molecule has 13 heavy (non-hydrogen) atoms. The molecule has 0 unspecified atom stereocenters. The summed E-state index contributed by atoms with van der Waals surface area (Å²) in [7, 11) is 0. The van der Waals surface area contributed by atoms with Gasteiger partial charge in [0.25, 0.3) is 0 Å². The Balaban J connectivity index is 2.54. The van der Waals surface area contributed by atoms with Gasteiger partial charge in [-0.15, -0.1) is 0 Å². The Morgan fingerprint density at radius 3 is 3.08 bits per heavy atom. The van der Waals surface area contributed by atoms with Crippen LogP contribution < -0.4 is 5.76 Å². The van der Waals surface area contributed by atoms with Gasteiger partial charge in [-0.05, 0) is 30.5 Å². The fourth-order valence-electron chi connectivity index (χ4n) is 1.35. The molecule has 0 atom stereocenters. The van der Waals surface area contributed by atoms with Crippen LogP contribution in [0.25, 0.3) is 11.1 Å². The number of benzene rings is 1. The van der Waals surface area contributed by atoms with Crippen molar-refractivity contribution in [1.29, 1.82) is 0 Å². The largest absolute Gasteiger partial charge is 0.417 e. The molecule has 2 rings (SSSR count). The van der Waals surface area contributed by atoms with Crippen LogP contribution in [0.1, 0.15) is 12.0 Å². The van der Waals surface area contributed by atoms with Gasteiger partial charge < -0.3 is 4.42 Å². The Kier molecular flexibility index (Phi) is 1.93. The average molecular weight is 176 g/mol. The van der Waals surface area contributed by atoms with E-state index in [9.17, 15) is 4.79 Å². The van der Waals surface area contributed by atoms with Crippen molar-refractivity contribution < 1.29 is 4.42 Å². The van der Waals surface area contributed by atoms with E-state index < -0.39 is 5.76 Å². The zero-order valence-electron chi connectivity index (χ0n) is 7.17. The van der Waals surface area contributed by atoms with E-state index in [1.807, 2.05) is 18.2 Å². The Labute approximate surface area is 75.4 Å². The molecule has 0 fully saturated rings. The van der Waals surface area contributed by atoms with Crippen molar-refractivity contribution >= 4 is 11.1 Å². The summed E-state index contributed by atoms with van der Waals surface area (Å²) in [6.45, 7) is 3.77. The van der Waals surface area contributed by atoms with Crippen molar-refractivity contribution in [1.82, 2.24) is 4.98 Å². The number of fused-ring (bicyclic) bond motifs is 1. The number of oxazole rings is 1. The van der Waals surface area contributed by atoms with Crippen LogP contribution in [0.15, 0.2) is 27.4 Å². The van der Waals surface area contributed by atoms with E-state index in [4.69, 9.17) is 4.42 Å². The Hall–Kier alpha value is -1.51. The highest BCUT2D eigenvalue weighted by atomic mass is 16.4. The number of rotatable bonds is 2. The van der Waals surface area contributed by atoms with Crippen molar-refractivity contribution in [3.8, 4) is 0 Å². The van der Waals surface area contributed by atoms with Crippen molar-refractivity contribution in [2.75, 3.05) is 0 Å². The molecule has 1 aromatic carbocycles. The number of nitrogens with one attached hydrogen (secondary N) is 1. The van der Waals surface area contributed by atoms with Gasteiger partial charge >= 0.3 is 5.76 Å². The Morgan fingerprint density at radius 2 is 2.31 bits per heavy atom. The predicted molar refractivity (Wildman–Crippen MR) is 50.5 cm³/mol. The summed E-state index contributed by atoms with van der Waals surface area (Å²) in [6, 6.07) is 5.70. The minimum Gasteiger partial charge on any atom is -0.408 e. The first-order valence-electron chi connectivity index (χ1n) is 4.20. The number of aromatic nitrogens is 1. The molecule has 0 saturated heterocycles. The SMILES string of the molecule is [CH2]CCc1ccc2[nH]c(=O)oc2c1. The Bertz CT molecular complexity index is 467. The van der Waals surface area contributed by atoms with Crippen molar-refractivity contribution in [3.63, 3.8) is 0 Å². The second-order valence-corrected chi connectivity index (χ2v) is 2.95. The van der Waals surface area contributed by atoms with Gasteiger partial charge in [-0.25, -0.2) is 4.79 Å². The van der Waals surface area contributed by atoms with Gasteiger partial charge in [0.2, 0.25) is 0 Å². The van der Waals surface area contributed by atoms with Gasteiger partial charge in [0.15, 0.2) is 5.58 Å². The smallest absolute Gasteiger partial charge is 0.408 e. The maximum Gasteiger partial charge on any atom is 0.417 e. The van der Waals surface area contributed by atoms with Crippen LogP contribution in [0.2, 0.25) is 0 Å². The normalized spacial score (nSPS) is 10.8. The molecule has 0 aliphatic heterocycles. The van der Waals surface area contributed by atoms with Gasteiger partial charge in [0.05, 0.1) is 5.52 Å². The fraction of sp³-hybridized carbons (Fsp3) is 0.200. The van der Waals surface area contributed by atoms with Crippen molar-refractivity contribution in [2.24, 2.45) is 0 Å². The number of hydrogen-bond donors (Lipinski definition) is 1. The van der Waals surface area contributed by atoms with E-state index in [1.54, 1.807) is 0 Å². The van der Waals surface area contributed by atoms with Gasteiger partial charge in [-0.3, -0.25) is 4.98 Å². The van der Waals surface area contributed by atoms with E-state index in [-0.39, 0.29) is 0 Å². The third-order valence-electron chi connectivity index (χ3n) is 1.95. The lowest BCUT2D eigenvalue weighted by Gasteiger charge is -1.95. The van der Waals surface area contributed by atoms with Crippen LogP contribution >= 0.6 is 0 Å². The summed E-state index contributed by atoms with van der Waals surface area (Å²) in [5.74, 6) is -0.401. The molecule has 1 N–H and O–H groups in total. The van der Waals surface area contributed by atoms with Crippen LogP contribution in [-0.2, 0) is 6.42 Å². The highest BCUT2D eigenvalue weighted by Gasteiger charge is 2.00. The molecule has 2 aromatic rings. The lowest BCUT2D eigenvalue weighted by atomic mass is 10.1. The van der Waals surface area contributed by atoms with Crippen LogP contribution in [0.5, 0.6) is 0 Å². The molecule has 0 bridgehead atoms. The summed E-state index contributed by atoms with van der Waals surface area (Å²) in [4.78, 5) is 13.4. The first-order chi connectivity index (χ1) is 6.29. The summed E-state index contributed by atoms with van der Waals surface area (Å²) in [6.07, 6.45) is 1.75. The van der Waals surface area contributed by atoms with E-state index in [0.29, 0.717) is 5.58 Å². The van der Waals surface area contributed by atoms with Crippen molar-refractivity contribution in [3.05, 3.63) is 41.2 Å². The third-order valence-corrected chi connectivity index (χ3v) is 1.95. The predicted octanol–water partition coefficient (Wildman–Crippen LogP) is 1.89. The second kappa shape index (κ2) is 3.09. The molecule has 67 valence electrons. The molecule has 0 aliphatic carbocycles. The Morgan fingerprint density at radius 1 is 1.46 bits per heavy atom. The fourth-order valence-corrected chi connectivity index (χ4v) is 1.35. The van der Waals surface area contributed by atoms with Gasteiger partial charge in [-0.2, -0.15) is 0 Å². The molecule has 0 saturated carbocycles. The summed E-state index contributed by atoms with van der Waals surface area (Å²) >= 11 is 0. The van der Waals surface area contributed by atoms with E-state index >= 15 is 0 Å². The maximum absolute atomic E-state index is 10.8. The van der Waals surface area contributed by atoms with Crippen molar-refractivity contribution in [2.45, 2.75) is 12.8 Å². The minimum atomic E-state index is -0.401. The molecule has 1 heterocycles. The van der Waals surface area contributed by atoms with Crippen LogP contribution in [-0.4, -0.2) is 4.98 Å². The van der Waals surface area contributed by atoms with Crippen LogP contribution in [0, 0.1) is 6.92 Å². The highest BCUT2D eigenvalue weighted by molar-refractivity contribution is 5.72. The number of H-pyrrole nitrogens is 1. The highest BCUT2D eigenvalue weighted by Crippen LogP contribution is 2.13. The molecular formula is C10H10NO2. The molecule has 3 nitrogen and oxygen atoms in total. The zero-order chi connectivity index (χ0) is 9.26.